The van der Waals surface area contributed by atoms with E-state index in [9.17, 15) is 8.78 Å². The Morgan fingerprint density at radius 3 is 2.65 bits per heavy atom. The van der Waals surface area contributed by atoms with Gasteiger partial charge in [-0.2, -0.15) is 13.9 Å². The number of H-pyrrole nitrogens is 1. The summed E-state index contributed by atoms with van der Waals surface area (Å²) < 4.78 is 28.1. The molecule has 0 aliphatic heterocycles. The van der Waals surface area contributed by atoms with Crippen molar-refractivity contribution in [3.8, 4) is 0 Å². The molecule has 0 saturated carbocycles. The number of hydrogen-bond acceptors (Lipinski definition) is 2. The van der Waals surface area contributed by atoms with Crippen LogP contribution in [0, 0.1) is 0 Å². The third kappa shape index (κ3) is 3.61. The van der Waals surface area contributed by atoms with E-state index in [1.54, 1.807) is 18.2 Å². The predicted octanol–water partition coefficient (Wildman–Crippen LogP) is 4.70. The van der Waals surface area contributed by atoms with Crippen LogP contribution in [-0.4, -0.2) is 16.8 Å². The Kier molecular flexibility index (Phi) is 5.21. The number of ether oxygens (including phenoxy) is 1. The number of nitrogens with zero attached hydrogens (tertiary/aromatic N) is 1. The fourth-order valence-electron chi connectivity index (χ4n) is 1.64. The number of halogens is 5. The van der Waals surface area contributed by atoms with E-state index in [-0.39, 0.29) is 17.3 Å². The molecule has 1 heterocycles. The molecule has 0 spiro atoms. The van der Waals surface area contributed by atoms with Crippen molar-refractivity contribution in [2.45, 2.75) is 19.6 Å². The van der Waals surface area contributed by atoms with Gasteiger partial charge in [-0.15, -0.1) is 0 Å². The molecule has 0 radical (unpaired) electrons. The van der Waals surface area contributed by atoms with Gasteiger partial charge in [-0.1, -0.05) is 46.9 Å². The number of rotatable bonds is 5. The maximum absolute atomic E-state index is 12.0. The zero-order valence-electron chi connectivity index (χ0n) is 9.97. The van der Waals surface area contributed by atoms with Gasteiger partial charge in [0.25, 0.3) is 0 Å². The van der Waals surface area contributed by atoms with Gasteiger partial charge in [-0.3, -0.25) is 5.10 Å². The highest BCUT2D eigenvalue weighted by Crippen LogP contribution is 2.29. The van der Waals surface area contributed by atoms with E-state index in [2.05, 4.69) is 14.9 Å². The lowest BCUT2D eigenvalue weighted by molar-refractivity contribution is -0.137. The van der Waals surface area contributed by atoms with Crippen molar-refractivity contribution in [3.63, 3.8) is 0 Å². The van der Waals surface area contributed by atoms with Crippen molar-refractivity contribution in [3.05, 3.63) is 50.2 Å². The molecule has 0 fully saturated rings. The largest absolute Gasteiger partial charge is 0.345 e. The molecule has 0 aliphatic carbocycles. The molecule has 0 amide bonds. The minimum absolute atomic E-state index is 0.222. The summed E-state index contributed by atoms with van der Waals surface area (Å²) in [5.74, 6) is 0. The normalized spacial score (nSPS) is 11.3. The molecule has 2 rings (SSSR count). The van der Waals surface area contributed by atoms with Gasteiger partial charge in [0.15, 0.2) is 0 Å². The van der Waals surface area contributed by atoms with Gasteiger partial charge < -0.3 is 4.74 Å². The molecule has 8 heteroatoms. The number of nitrogens with one attached hydrogen (secondary N) is 1. The van der Waals surface area contributed by atoms with E-state index in [4.69, 9.17) is 34.8 Å². The Hall–Kier alpha value is -0.880. The molecule has 2 aromatic rings. The second-order valence-corrected chi connectivity index (χ2v) is 5.09. The monoisotopic (exact) mass is 340 g/mol. The number of hydrogen-bond donors (Lipinski definition) is 1. The van der Waals surface area contributed by atoms with Gasteiger partial charge >= 0.3 is 6.61 Å². The highest BCUT2D eigenvalue weighted by atomic mass is 35.5. The van der Waals surface area contributed by atoms with Crippen LogP contribution >= 0.6 is 34.8 Å². The van der Waals surface area contributed by atoms with Gasteiger partial charge in [0.05, 0.1) is 27.4 Å². The first-order valence-electron chi connectivity index (χ1n) is 5.53. The van der Waals surface area contributed by atoms with Crippen LogP contribution in [0.25, 0.3) is 0 Å². The van der Waals surface area contributed by atoms with Crippen LogP contribution in [0.5, 0.6) is 0 Å². The van der Waals surface area contributed by atoms with Gasteiger partial charge in [-0.05, 0) is 11.6 Å². The van der Waals surface area contributed by atoms with Crippen molar-refractivity contribution in [1.82, 2.24) is 10.2 Å². The standard InChI is InChI=1S/C12H9Cl3F2N2O/c13-7-3-1-2-6(10(7)14)4-8-11(15)9(19-18-8)5-20-12(16)17/h1-3,12H,4-5H2,(H,18,19). The van der Waals surface area contributed by atoms with E-state index < -0.39 is 6.61 Å². The fraction of sp³-hybridized carbons (Fsp3) is 0.250. The zero-order valence-corrected chi connectivity index (χ0v) is 12.2. The first kappa shape index (κ1) is 15.5. The van der Waals surface area contributed by atoms with E-state index in [0.717, 1.165) is 5.56 Å². The number of aromatic nitrogens is 2. The molecule has 0 atom stereocenters. The second kappa shape index (κ2) is 6.72. The summed E-state index contributed by atoms with van der Waals surface area (Å²) in [6, 6.07) is 5.22. The van der Waals surface area contributed by atoms with Crippen LogP contribution in [0.2, 0.25) is 15.1 Å². The van der Waals surface area contributed by atoms with Crippen LogP contribution in [0.15, 0.2) is 18.2 Å². The molecule has 1 aromatic carbocycles. The lowest BCUT2D eigenvalue weighted by atomic mass is 10.1. The maximum Gasteiger partial charge on any atom is 0.345 e. The van der Waals surface area contributed by atoms with Gasteiger partial charge in [0.2, 0.25) is 0 Å². The quantitative estimate of drug-likeness (QED) is 0.856. The Bertz CT molecular complexity index is 604. The molecule has 1 aromatic heterocycles. The fourth-order valence-corrected chi connectivity index (χ4v) is 2.23. The van der Waals surface area contributed by atoms with Crippen molar-refractivity contribution in [2.75, 3.05) is 0 Å². The van der Waals surface area contributed by atoms with E-state index >= 15 is 0 Å². The average molecular weight is 342 g/mol. The maximum atomic E-state index is 12.0. The lowest BCUT2D eigenvalue weighted by Gasteiger charge is -2.04. The van der Waals surface area contributed by atoms with E-state index in [1.807, 2.05) is 0 Å². The number of alkyl halides is 2. The van der Waals surface area contributed by atoms with Gasteiger partial charge in [-0.25, -0.2) is 0 Å². The Morgan fingerprint density at radius 1 is 1.20 bits per heavy atom. The van der Waals surface area contributed by atoms with E-state index in [1.165, 1.54) is 0 Å². The summed E-state index contributed by atoms with van der Waals surface area (Å²) in [6.07, 6.45) is 0.361. The molecular formula is C12H9Cl3F2N2O. The minimum atomic E-state index is -2.87. The predicted molar refractivity (Wildman–Crippen MR) is 73.7 cm³/mol. The summed E-state index contributed by atoms with van der Waals surface area (Å²) in [7, 11) is 0. The number of aromatic amines is 1. The highest BCUT2D eigenvalue weighted by molar-refractivity contribution is 6.42. The second-order valence-electron chi connectivity index (χ2n) is 3.92. The molecule has 0 saturated heterocycles. The molecule has 0 aliphatic rings. The molecule has 1 N–H and O–H groups in total. The third-order valence-corrected chi connectivity index (χ3v) is 3.89. The van der Waals surface area contributed by atoms with Gasteiger partial charge in [0, 0.05) is 6.42 Å². The van der Waals surface area contributed by atoms with Crippen LogP contribution < -0.4 is 0 Å². The average Bonchev–Trinajstić information content (AvgIpc) is 2.74. The van der Waals surface area contributed by atoms with Crippen molar-refractivity contribution >= 4 is 34.8 Å². The van der Waals surface area contributed by atoms with Gasteiger partial charge in [0.1, 0.15) is 5.69 Å². The van der Waals surface area contributed by atoms with E-state index in [0.29, 0.717) is 22.2 Å². The smallest absolute Gasteiger partial charge is 0.316 e. The van der Waals surface area contributed by atoms with Crippen LogP contribution in [0.3, 0.4) is 0 Å². The molecule has 0 unspecified atom stereocenters. The topological polar surface area (TPSA) is 37.9 Å². The first-order chi connectivity index (χ1) is 9.49. The molecule has 20 heavy (non-hydrogen) atoms. The third-order valence-electron chi connectivity index (χ3n) is 2.59. The molecule has 3 nitrogen and oxygen atoms in total. The lowest BCUT2D eigenvalue weighted by Crippen LogP contribution is -1.99. The molecule has 0 bridgehead atoms. The summed E-state index contributed by atoms with van der Waals surface area (Å²) >= 11 is 18.0. The van der Waals surface area contributed by atoms with Crippen molar-refractivity contribution in [1.29, 1.82) is 0 Å². The SMILES string of the molecule is FC(F)OCc1n[nH]c(Cc2cccc(Cl)c2Cl)c1Cl. The van der Waals surface area contributed by atoms with Crippen molar-refractivity contribution in [2.24, 2.45) is 0 Å². The first-order valence-corrected chi connectivity index (χ1v) is 6.66. The summed E-state index contributed by atoms with van der Waals surface area (Å²) in [4.78, 5) is 0. The summed E-state index contributed by atoms with van der Waals surface area (Å²) in [5.41, 5.74) is 1.54. The number of benzene rings is 1. The van der Waals surface area contributed by atoms with Crippen molar-refractivity contribution < 1.29 is 13.5 Å². The Balaban J connectivity index is 2.16. The summed E-state index contributed by atoms with van der Waals surface area (Å²) in [5, 5.41) is 7.63. The Morgan fingerprint density at radius 2 is 1.95 bits per heavy atom. The zero-order chi connectivity index (χ0) is 14.7. The minimum Gasteiger partial charge on any atom is -0.316 e. The molecule has 108 valence electrons. The highest BCUT2D eigenvalue weighted by Gasteiger charge is 2.15. The molecular weight excluding hydrogens is 332 g/mol. The van der Waals surface area contributed by atoms with Crippen LogP contribution in [0.1, 0.15) is 17.0 Å². The van der Waals surface area contributed by atoms with Crippen LogP contribution in [0.4, 0.5) is 8.78 Å². The Labute approximate surface area is 128 Å². The summed E-state index contributed by atoms with van der Waals surface area (Å²) in [6.45, 7) is -3.23. The van der Waals surface area contributed by atoms with Crippen LogP contribution in [-0.2, 0) is 17.8 Å².